The van der Waals surface area contributed by atoms with Crippen LogP contribution >= 0.6 is 23.2 Å². The van der Waals surface area contributed by atoms with Gasteiger partial charge in [0.1, 0.15) is 12.4 Å². The number of rotatable bonds is 7. The Hall–Kier alpha value is -1.26. The number of benzene rings is 2. The fourth-order valence-electron chi connectivity index (χ4n) is 1.88. The van der Waals surface area contributed by atoms with Crippen LogP contribution < -0.4 is 10.1 Å². The van der Waals surface area contributed by atoms with E-state index in [4.69, 9.17) is 27.9 Å². The summed E-state index contributed by atoms with van der Waals surface area (Å²) in [6, 6.07) is 14.7. The van der Waals surface area contributed by atoms with Crippen molar-refractivity contribution in [3.05, 3.63) is 64.1 Å². The first-order valence-electron chi connectivity index (χ1n) is 6.68. The second kappa shape index (κ2) is 8.25. The first-order chi connectivity index (χ1) is 10.2. The second-order valence-corrected chi connectivity index (χ2v) is 5.39. The standard InChI is InChI=1S/C16H17Cl2NO2/c17-12-6-7-15(18)14(10-12)16(20)11-19-8-9-21-13-4-2-1-3-5-13/h1-7,10,16,19-20H,8-9,11H2. The Labute approximate surface area is 134 Å². The summed E-state index contributed by atoms with van der Waals surface area (Å²) < 4.78 is 5.55. The predicted molar refractivity (Wildman–Crippen MR) is 86.2 cm³/mol. The van der Waals surface area contributed by atoms with Gasteiger partial charge in [0.15, 0.2) is 0 Å². The molecule has 5 heteroatoms. The van der Waals surface area contributed by atoms with Gasteiger partial charge in [0.2, 0.25) is 0 Å². The van der Waals surface area contributed by atoms with Crippen LogP contribution in [0.5, 0.6) is 5.75 Å². The lowest BCUT2D eigenvalue weighted by Crippen LogP contribution is -2.26. The number of hydrogen-bond acceptors (Lipinski definition) is 3. The average Bonchev–Trinajstić information content (AvgIpc) is 2.50. The van der Waals surface area contributed by atoms with Crippen molar-refractivity contribution >= 4 is 23.2 Å². The number of nitrogens with one attached hydrogen (secondary N) is 1. The third-order valence-corrected chi connectivity index (χ3v) is 3.52. The molecule has 0 spiro atoms. The van der Waals surface area contributed by atoms with E-state index in [0.717, 1.165) is 5.75 Å². The summed E-state index contributed by atoms with van der Waals surface area (Å²) >= 11 is 11.9. The Morgan fingerprint density at radius 2 is 1.86 bits per heavy atom. The summed E-state index contributed by atoms with van der Waals surface area (Å²) in [5, 5.41) is 14.3. The van der Waals surface area contributed by atoms with Crippen LogP contribution in [0.3, 0.4) is 0 Å². The number of aliphatic hydroxyl groups is 1. The van der Waals surface area contributed by atoms with E-state index in [-0.39, 0.29) is 0 Å². The Morgan fingerprint density at radius 3 is 2.62 bits per heavy atom. The van der Waals surface area contributed by atoms with Crippen molar-refractivity contribution in [3.8, 4) is 5.75 Å². The molecule has 0 saturated carbocycles. The lowest BCUT2D eigenvalue weighted by atomic mass is 10.1. The van der Waals surface area contributed by atoms with E-state index in [1.165, 1.54) is 0 Å². The van der Waals surface area contributed by atoms with Crippen LogP contribution in [0.15, 0.2) is 48.5 Å². The molecule has 0 aromatic heterocycles. The normalized spacial score (nSPS) is 12.1. The third-order valence-electron chi connectivity index (χ3n) is 2.95. The molecule has 0 heterocycles. The van der Waals surface area contributed by atoms with Crippen LogP contribution in [-0.2, 0) is 0 Å². The topological polar surface area (TPSA) is 41.5 Å². The van der Waals surface area contributed by atoms with Crippen molar-refractivity contribution in [2.45, 2.75) is 6.10 Å². The van der Waals surface area contributed by atoms with Crippen molar-refractivity contribution in [2.24, 2.45) is 0 Å². The molecule has 0 fully saturated rings. The van der Waals surface area contributed by atoms with Gasteiger partial charge in [-0.2, -0.15) is 0 Å². The van der Waals surface area contributed by atoms with E-state index in [2.05, 4.69) is 5.32 Å². The second-order valence-electron chi connectivity index (χ2n) is 4.55. The summed E-state index contributed by atoms with van der Waals surface area (Å²) in [6.45, 7) is 1.54. The maximum absolute atomic E-state index is 10.1. The highest BCUT2D eigenvalue weighted by molar-refractivity contribution is 6.33. The number of halogens is 2. The number of ether oxygens (including phenoxy) is 1. The first-order valence-corrected chi connectivity index (χ1v) is 7.44. The van der Waals surface area contributed by atoms with Crippen LogP contribution in [0.1, 0.15) is 11.7 Å². The van der Waals surface area contributed by atoms with Crippen LogP contribution in [0.25, 0.3) is 0 Å². The molecule has 21 heavy (non-hydrogen) atoms. The van der Waals surface area contributed by atoms with Crippen molar-refractivity contribution in [1.29, 1.82) is 0 Å². The molecule has 2 N–H and O–H groups in total. The molecule has 1 unspecified atom stereocenters. The first kappa shape index (κ1) is 16.1. The van der Waals surface area contributed by atoms with E-state index in [0.29, 0.717) is 35.3 Å². The largest absolute Gasteiger partial charge is 0.492 e. The fraction of sp³-hybridized carbons (Fsp3) is 0.250. The van der Waals surface area contributed by atoms with Gasteiger partial charge in [-0.1, -0.05) is 41.4 Å². The average molecular weight is 326 g/mol. The van der Waals surface area contributed by atoms with E-state index in [9.17, 15) is 5.11 Å². The maximum atomic E-state index is 10.1. The molecule has 0 aliphatic heterocycles. The molecule has 2 aromatic carbocycles. The van der Waals surface area contributed by atoms with Gasteiger partial charge in [0.05, 0.1) is 6.10 Å². The van der Waals surface area contributed by atoms with E-state index in [1.807, 2.05) is 30.3 Å². The van der Waals surface area contributed by atoms with Crippen molar-refractivity contribution in [1.82, 2.24) is 5.32 Å². The maximum Gasteiger partial charge on any atom is 0.119 e. The van der Waals surface area contributed by atoms with Gasteiger partial charge in [-0.15, -0.1) is 0 Å². The van der Waals surface area contributed by atoms with Gasteiger partial charge in [0.25, 0.3) is 0 Å². The van der Waals surface area contributed by atoms with E-state index >= 15 is 0 Å². The van der Waals surface area contributed by atoms with Gasteiger partial charge in [-0.25, -0.2) is 0 Å². The highest BCUT2D eigenvalue weighted by Gasteiger charge is 2.11. The van der Waals surface area contributed by atoms with Gasteiger partial charge in [0, 0.05) is 28.7 Å². The minimum absolute atomic E-state index is 0.387. The van der Waals surface area contributed by atoms with E-state index in [1.54, 1.807) is 18.2 Å². The zero-order valence-electron chi connectivity index (χ0n) is 11.4. The molecular formula is C16H17Cl2NO2. The smallest absolute Gasteiger partial charge is 0.119 e. The van der Waals surface area contributed by atoms with Gasteiger partial charge in [-0.05, 0) is 30.3 Å². The molecule has 2 aromatic rings. The molecule has 3 nitrogen and oxygen atoms in total. The van der Waals surface area contributed by atoms with Crippen LogP contribution in [0.4, 0.5) is 0 Å². The number of hydrogen-bond donors (Lipinski definition) is 2. The monoisotopic (exact) mass is 325 g/mol. The Bertz CT molecular complexity index is 563. The van der Waals surface area contributed by atoms with Crippen molar-refractivity contribution < 1.29 is 9.84 Å². The summed E-state index contributed by atoms with van der Waals surface area (Å²) in [5.41, 5.74) is 0.626. The molecule has 0 radical (unpaired) electrons. The van der Waals surface area contributed by atoms with Crippen molar-refractivity contribution in [2.75, 3.05) is 19.7 Å². The molecule has 0 saturated heterocycles. The van der Waals surface area contributed by atoms with Crippen LogP contribution in [0, 0.1) is 0 Å². The molecule has 0 aliphatic rings. The van der Waals surface area contributed by atoms with E-state index < -0.39 is 6.10 Å². The zero-order valence-corrected chi connectivity index (χ0v) is 12.9. The minimum Gasteiger partial charge on any atom is -0.492 e. The quantitative estimate of drug-likeness (QED) is 0.763. The molecule has 0 aliphatic carbocycles. The minimum atomic E-state index is -0.701. The third kappa shape index (κ3) is 5.21. The Balaban J connectivity index is 1.72. The van der Waals surface area contributed by atoms with Crippen molar-refractivity contribution in [3.63, 3.8) is 0 Å². The Morgan fingerprint density at radius 1 is 1.10 bits per heavy atom. The Kier molecular flexibility index (Phi) is 6.33. The lowest BCUT2D eigenvalue weighted by molar-refractivity contribution is 0.172. The summed E-state index contributed by atoms with van der Waals surface area (Å²) in [5.74, 6) is 0.831. The van der Waals surface area contributed by atoms with Crippen LogP contribution in [-0.4, -0.2) is 24.8 Å². The summed E-state index contributed by atoms with van der Waals surface area (Å²) in [6.07, 6.45) is -0.701. The van der Waals surface area contributed by atoms with Crippen LogP contribution in [0.2, 0.25) is 10.0 Å². The lowest BCUT2D eigenvalue weighted by Gasteiger charge is -2.14. The predicted octanol–water partition coefficient (Wildman–Crippen LogP) is 3.70. The summed E-state index contributed by atoms with van der Waals surface area (Å²) in [4.78, 5) is 0. The molecule has 0 bridgehead atoms. The molecular weight excluding hydrogens is 309 g/mol. The van der Waals surface area contributed by atoms with Gasteiger partial charge < -0.3 is 15.2 Å². The molecule has 0 amide bonds. The highest BCUT2D eigenvalue weighted by Crippen LogP contribution is 2.25. The molecule has 1 atom stereocenters. The number of aliphatic hydroxyl groups excluding tert-OH is 1. The van der Waals surface area contributed by atoms with Gasteiger partial charge in [-0.3, -0.25) is 0 Å². The molecule has 112 valence electrons. The fourth-order valence-corrected chi connectivity index (χ4v) is 2.30. The molecule has 2 rings (SSSR count). The summed E-state index contributed by atoms with van der Waals surface area (Å²) in [7, 11) is 0. The SMILES string of the molecule is OC(CNCCOc1ccccc1)c1cc(Cl)ccc1Cl. The highest BCUT2D eigenvalue weighted by atomic mass is 35.5. The number of para-hydroxylation sites is 1. The zero-order chi connectivity index (χ0) is 15.1. The van der Waals surface area contributed by atoms with Gasteiger partial charge >= 0.3 is 0 Å².